The smallest absolute Gasteiger partial charge is 0.215 e. The lowest BCUT2D eigenvalue weighted by Gasteiger charge is -2.05. The van der Waals surface area contributed by atoms with E-state index >= 15 is 0 Å². The molecule has 0 fully saturated rings. The number of benzene rings is 1. The molecule has 0 aromatic heterocycles. The van der Waals surface area contributed by atoms with Gasteiger partial charge in [-0.05, 0) is 37.6 Å². The van der Waals surface area contributed by atoms with Gasteiger partial charge in [-0.2, -0.15) is 0 Å². The molecule has 1 aromatic carbocycles. The molecule has 0 radical (unpaired) electrons. The monoisotopic (exact) mass is 213 g/mol. The molecule has 1 rings (SSSR count). The van der Waals surface area contributed by atoms with Crippen LogP contribution in [0.3, 0.4) is 0 Å². The Bertz CT molecular complexity index is 424. The van der Waals surface area contributed by atoms with Crippen LogP contribution in [0.15, 0.2) is 18.2 Å². The molecule has 1 N–H and O–H groups in total. The molecule has 4 heteroatoms. The summed E-state index contributed by atoms with van der Waals surface area (Å²) in [5, 5.41) is 0. The lowest BCUT2D eigenvalue weighted by Crippen LogP contribution is -2.20. The van der Waals surface area contributed by atoms with Crippen LogP contribution in [0.4, 0.5) is 0 Å². The van der Waals surface area contributed by atoms with E-state index in [0.717, 1.165) is 11.1 Å². The molecular formula is C10H15NO2S. The van der Waals surface area contributed by atoms with Gasteiger partial charge in [-0.1, -0.05) is 18.2 Å². The number of hydrogen-bond acceptors (Lipinski definition) is 2. The van der Waals surface area contributed by atoms with Gasteiger partial charge in [0.15, 0.2) is 0 Å². The van der Waals surface area contributed by atoms with Crippen molar-refractivity contribution in [2.24, 2.45) is 0 Å². The van der Waals surface area contributed by atoms with Crippen LogP contribution in [0, 0.1) is 13.8 Å². The second-order valence-corrected chi connectivity index (χ2v) is 5.31. The molecule has 0 aliphatic carbocycles. The SMILES string of the molecule is CNS(=O)(=O)Cc1ccc(C)c(C)c1. The van der Waals surface area contributed by atoms with Crippen molar-refractivity contribution >= 4 is 10.0 Å². The van der Waals surface area contributed by atoms with Gasteiger partial charge in [0, 0.05) is 0 Å². The number of nitrogens with one attached hydrogen (secondary N) is 1. The van der Waals surface area contributed by atoms with Gasteiger partial charge in [-0.3, -0.25) is 0 Å². The Hall–Kier alpha value is -0.870. The van der Waals surface area contributed by atoms with Crippen molar-refractivity contribution in [1.82, 2.24) is 4.72 Å². The molecule has 1 aromatic rings. The third kappa shape index (κ3) is 2.82. The Kier molecular flexibility index (Phi) is 3.29. The topological polar surface area (TPSA) is 46.2 Å². The van der Waals surface area contributed by atoms with Crippen molar-refractivity contribution in [3.05, 3.63) is 34.9 Å². The highest BCUT2D eigenvalue weighted by Crippen LogP contribution is 2.11. The molecule has 0 bridgehead atoms. The van der Waals surface area contributed by atoms with E-state index in [1.807, 2.05) is 32.0 Å². The fourth-order valence-electron chi connectivity index (χ4n) is 1.18. The summed E-state index contributed by atoms with van der Waals surface area (Å²) in [5.41, 5.74) is 3.12. The summed E-state index contributed by atoms with van der Waals surface area (Å²) in [5.74, 6) is 0.0462. The first-order valence-electron chi connectivity index (χ1n) is 4.42. The number of aryl methyl sites for hydroxylation is 2. The molecular weight excluding hydrogens is 198 g/mol. The van der Waals surface area contributed by atoms with Crippen molar-refractivity contribution in [3.8, 4) is 0 Å². The zero-order valence-corrected chi connectivity index (χ0v) is 9.48. The van der Waals surface area contributed by atoms with Gasteiger partial charge in [0.25, 0.3) is 0 Å². The van der Waals surface area contributed by atoms with Gasteiger partial charge < -0.3 is 0 Å². The van der Waals surface area contributed by atoms with Crippen LogP contribution < -0.4 is 4.72 Å². The summed E-state index contributed by atoms with van der Waals surface area (Å²) in [6, 6.07) is 5.69. The lowest BCUT2D eigenvalue weighted by molar-refractivity contribution is 0.587. The summed E-state index contributed by atoms with van der Waals surface area (Å²) >= 11 is 0. The van der Waals surface area contributed by atoms with E-state index in [2.05, 4.69) is 4.72 Å². The lowest BCUT2D eigenvalue weighted by atomic mass is 10.1. The van der Waals surface area contributed by atoms with Crippen LogP contribution in [0.25, 0.3) is 0 Å². The first-order chi connectivity index (χ1) is 6.44. The van der Waals surface area contributed by atoms with Crippen LogP contribution in [0.2, 0.25) is 0 Å². The highest BCUT2D eigenvalue weighted by atomic mass is 32.2. The highest BCUT2D eigenvalue weighted by Gasteiger charge is 2.08. The average Bonchev–Trinajstić information content (AvgIpc) is 2.11. The molecule has 0 aliphatic rings. The highest BCUT2D eigenvalue weighted by molar-refractivity contribution is 7.88. The maximum absolute atomic E-state index is 11.3. The first-order valence-corrected chi connectivity index (χ1v) is 6.07. The van der Waals surface area contributed by atoms with Crippen molar-refractivity contribution < 1.29 is 8.42 Å². The Balaban J connectivity index is 2.94. The van der Waals surface area contributed by atoms with E-state index in [0.29, 0.717) is 0 Å². The standard InChI is InChI=1S/C10H15NO2S/c1-8-4-5-10(6-9(8)2)7-14(12,13)11-3/h4-6,11H,7H2,1-3H3. The van der Waals surface area contributed by atoms with Crippen molar-refractivity contribution in [2.45, 2.75) is 19.6 Å². The average molecular weight is 213 g/mol. The minimum Gasteiger partial charge on any atom is -0.218 e. The molecule has 0 saturated heterocycles. The molecule has 0 heterocycles. The minimum absolute atomic E-state index is 0.0462. The molecule has 0 unspecified atom stereocenters. The van der Waals surface area contributed by atoms with E-state index in [1.165, 1.54) is 12.6 Å². The molecule has 3 nitrogen and oxygen atoms in total. The maximum atomic E-state index is 11.3. The summed E-state index contributed by atoms with van der Waals surface area (Å²) in [7, 11) is -1.73. The fourth-order valence-corrected chi connectivity index (χ4v) is 1.95. The van der Waals surface area contributed by atoms with Crippen molar-refractivity contribution in [2.75, 3.05) is 7.05 Å². The molecule has 0 saturated carbocycles. The molecule has 0 atom stereocenters. The van der Waals surface area contributed by atoms with Crippen LogP contribution in [-0.4, -0.2) is 15.5 Å². The van der Waals surface area contributed by atoms with Crippen molar-refractivity contribution in [1.29, 1.82) is 0 Å². The normalized spacial score (nSPS) is 11.6. The second kappa shape index (κ2) is 4.11. The van der Waals surface area contributed by atoms with Gasteiger partial charge in [-0.25, -0.2) is 13.1 Å². The Morgan fingerprint density at radius 1 is 1.21 bits per heavy atom. The van der Waals surface area contributed by atoms with Crippen LogP contribution in [-0.2, 0) is 15.8 Å². The largest absolute Gasteiger partial charge is 0.218 e. The van der Waals surface area contributed by atoms with Gasteiger partial charge in [0.2, 0.25) is 10.0 Å². The predicted octanol–water partition coefficient (Wildman–Crippen LogP) is 1.35. The molecule has 0 spiro atoms. The van der Waals surface area contributed by atoms with Crippen LogP contribution >= 0.6 is 0 Å². The third-order valence-electron chi connectivity index (χ3n) is 2.24. The quantitative estimate of drug-likeness (QED) is 0.824. The minimum atomic E-state index is -3.15. The van der Waals surface area contributed by atoms with Gasteiger partial charge >= 0.3 is 0 Å². The summed E-state index contributed by atoms with van der Waals surface area (Å²) in [6.45, 7) is 3.98. The zero-order chi connectivity index (χ0) is 10.8. The van der Waals surface area contributed by atoms with E-state index in [1.54, 1.807) is 0 Å². The molecule has 78 valence electrons. The van der Waals surface area contributed by atoms with E-state index < -0.39 is 10.0 Å². The van der Waals surface area contributed by atoms with Crippen LogP contribution in [0.1, 0.15) is 16.7 Å². The van der Waals surface area contributed by atoms with E-state index in [4.69, 9.17) is 0 Å². The maximum Gasteiger partial charge on any atom is 0.215 e. The van der Waals surface area contributed by atoms with Crippen LogP contribution in [0.5, 0.6) is 0 Å². The van der Waals surface area contributed by atoms with E-state index in [-0.39, 0.29) is 5.75 Å². The van der Waals surface area contributed by atoms with Gasteiger partial charge in [-0.15, -0.1) is 0 Å². The summed E-state index contributed by atoms with van der Waals surface area (Å²) < 4.78 is 24.8. The molecule has 0 amide bonds. The summed E-state index contributed by atoms with van der Waals surface area (Å²) in [4.78, 5) is 0. The molecule has 0 aliphatic heterocycles. The number of sulfonamides is 1. The van der Waals surface area contributed by atoms with E-state index in [9.17, 15) is 8.42 Å². The number of hydrogen-bond donors (Lipinski definition) is 1. The first kappa shape index (κ1) is 11.2. The van der Waals surface area contributed by atoms with Crippen molar-refractivity contribution in [3.63, 3.8) is 0 Å². The Labute approximate surface area is 85.2 Å². The molecule has 14 heavy (non-hydrogen) atoms. The predicted molar refractivity (Wildman–Crippen MR) is 57.6 cm³/mol. The fraction of sp³-hybridized carbons (Fsp3) is 0.400. The third-order valence-corrected chi connectivity index (χ3v) is 3.57. The summed E-state index contributed by atoms with van der Waals surface area (Å²) in [6.07, 6.45) is 0. The second-order valence-electron chi connectivity index (χ2n) is 3.38. The van der Waals surface area contributed by atoms with Gasteiger partial charge in [0.05, 0.1) is 5.75 Å². The number of rotatable bonds is 3. The zero-order valence-electron chi connectivity index (χ0n) is 8.66. The Morgan fingerprint density at radius 3 is 2.36 bits per heavy atom. The van der Waals surface area contributed by atoms with Gasteiger partial charge in [0.1, 0.15) is 0 Å². The Morgan fingerprint density at radius 2 is 1.86 bits per heavy atom.